The number of nitrogens with zero attached hydrogens (tertiary/aromatic N) is 1. The lowest BCUT2D eigenvalue weighted by Crippen LogP contribution is -2.32. The number of amidine groups is 1. The molecule has 0 heterocycles. The van der Waals surface area contributed by atoms with Crippen LogP contribution >= 0.6 is 0 Å². The van der Waals surface area contributed by atoms with Gasteiger partial charge in [-0.1, -0.05) is 6.92 Å². The first kappa shape index (κ1) is 13.6. The topological polar surface area (TPSA) is 53.1 Å². The molecular formula is C14H23N3. The third-order valence-corrected chi connectivity index (χ3v) is 3.30. The van der Waals surface area contributed by atoms with E-state index in [0.29, 0.717) is 6.04 Å². The highest BCUT2D eigenvalue weighted by Gasteiger charge is 2.12. The summed E-state index contributed by atoms with van der Waals surface area (Å²) < 4.78 is 0. The number of nitrogens with two attached hydrogens (primary N) is 1. The first-order valence-electron chi connectivity index (χ1n) is 6.22. The van der Waals surface area contributed by atoms with E-state index >= 15 is 0 Å². The molecule has 0 aliphatic rings. The van der Waals surface area contributed by atoms with E-state index in [1.54, 1.807) is 0 Å². The first-order chi connectivity index (χ1) is 8.01. The number of hydrogen-bond acceptors (Lipinski definition) is 2. The molecule has 0 saturated heterocycles. The molecule has 1 rings (SSSR count). The molecule has 0 aliphatic heterocycles. The van der Waals surface area contributed by atoms with Crippen molar-refractivity contribution in [1.82, 2.24) is 0 Å². The summed E-state index contributed by atoms with van der Waals surface area (Å²) in [6, 6.07) is 6.65. The Morgan fingerprint density at radius 1 is 1.41 bits per heavy atom. The molecule has 1 unspecified atom stereocenters. The van der Waals surface area contributed by atoms with Gasteiger partial charge in [0.15, 0.2) is 0 Å². The van der Waals surface area contributed by atoms with Gasteiger partial charge in [0, 0.05) is 23.8 Å². The lowest BCUT2D eigenvalue weighted by atomic mass is 10.1. The summed E-state index contributed by atoms with van der Waals surface area (Å²) in [6.45, 7) is 9.60. The predicted molar refractivity (Wildman–Crippen MR) is 75.0 cm³/mol. The second kappa shape index (κ2) is 5.71. The lowest BCUT2D eigenvalue weighted by Gasteiger charge is -2.30. The smallest absolute Gasteiger partial charge is 0.123 e. The number of rotatable bonds is 5. The number of nitrogens with one attached hydrogen (secondary N) is 1. The van der Waals surface area contributed by atoms with Crippen molar-refractivity contribution >= 4 is 11.5 Å². The van der Waals surface area contributed by atoms with Gasteiger partial charge in [-0.15, -0.1) is 0 Å². The molecule has 17 heavy (non-hydrogen) atoms. The SMILES string of the molecule is CCC(C)N(CC)c1ccc(C(=N)N)c(C)c1. The van der Waals surface area contributed by atoms with Gasteiger partial charge in [-0.2, -0.15) is 0 Å². The monoisotopic (exact) mass is 233 g/mol. The van der Waals surface area contributed by atoms with Crippen molar-refractivity contribution in [2.24, 2.45) is 5.73 Å². The molecule has 1 aromatic carbocycles. The fraction of sp³-hybridized carbons (Fsp3) is 0.500. The Balaban J connectivity index is 3.07. The van der Waals surface area contributed by atoms with Crippen LogP contribution < -0.4 is 10.6 Å². The lowest BCUT2D eigenvalue weighted by molar-refractivity contribution is 0.630. The molecule has 0 spiro atoms. The van der Waals surface area contributed by atoms with Gasteiger partial charge in [0.25, 0.3) is 0 Å². The Bertz CT molecular complexity index is 398. The van der Waals surface area contributed by atoms with E-state index < -0.39 is 0 Å². The van der Waals surface area contributed by atoms with Crippen LogP contribution in [0.1, 0.15) is 38.3 Å². The maximum absolute atomic E-state index is 7.48. The number of hydrogen-bond donors (Lipinski definition) is 2. The fourth-order valence-electron chi connectivity index (χ4n) is 2.10. The van der Waals surface area contributed by atoms with Crippen molar-refractivity contribution in [3.63, 3.8) is 0 Å². The Morgan fingerprint density at radius 2 is 2.06 bits per heavy atom. The van der Waals surface area contributed by atoms with E-state index in [1.165, 1.54) is 5.69 Å². The zero-order chi connectivity index (χ0) is 13.0. The van der Waals surface area contributed by atoms with Crippen molar-refractivity contribution in [3.8, 4) is 0 Å². The van der Waals surface area contributed by atoms with Crippen LogP contribution in [-0.4, -0.2) is 18.4 Å². The summed E-state index contributed by atoms with van der Waals surface area (Å²) in [5, 5.41) is 7.48. The van der Waals surface area contributed by atoms with Gasteiger partial charge in [-0.25, -0.2) is 0 Å². The van der Waals surface area contributed by atoms with Crippen LogP contribution in [0.4, 0.5) is 5.69 Å². The molecule has 0 aliphatic carbocycles. The highest BCUT2D eigenvalue weighted by Crippen LogP contribution is 2.21. The first-order valence-corrected chi connectivity index (χ1v) is 6.22. The van der Waals surface area contributed by atoms with Crippen LogP contribution in [-0.2, 0) is 0 Å². The summed E-state index contributed by atoms with van der Waals surface area (Å²) >= 11 is 0. The zero-order valence-corrected chi connectivity index (χ0v) is 11.2. The number of nitrogen functional groups attached to an aromatic ring is 1. The zero-order valence-electron chi connectivity index (χ0n) is 11.2. The van der Waals surface area contributed by atoms with E-state index in [2.05, 4.69) is 37.8 Å². The number of anilines is 1. The predicted octanol–water partition coefficient (Wildman–Crippen LogP) is 2.90. The summed E-state index contributed by atoms with van der Waals surface area (Å²) in [4.78, 5) is 2.37. The Hall–Kier alpha value is -1.51. The van der Waals surface area contributed by atoms with E-state index in [1.807, 2.05) is 13.0 Å². The molecule has 94 valence electrons. The maximum atomic E-state index is 7.48. The molecule has 0 saturated carbocycles. The van der Waals surface area contributed by atoms with Crippen LogP contribution in [0.3, 0.4) is 0 Å². The van der Waals surface area contributed by atoms with Crippen LogP contribution in [0.5, 0.6) is 0 Å². The van der Waals surface area contributed by atoms with Crippen LogP contribution in [0.15, 0.2) is 18.2 Å². The highest BCUT2D eigenvalue weighted by atomic mass is 15.1. The maximum Gasteiger partial charge on any atom is 0.123 e. The Labute approximate surface area is 104 Å². The third kappa shape index (κ3) is 2.99. The molecule has 1 atom stereocenters. The summed E-state index contributed by atoms with van der Waals surface area (Å²) in [7, 11) is 0. The van der Waals surface area contributed by atoms with Crippen molar-refractivity contribution in [1.29, 1.82) is 5.41 Å². The molecule has 0 amide bonds. The second-order valence-corrected chi connectivity index (χ2v) is 4.46. The molecule has 0 aromatic heterocycles. The van der Waals surface area contributed by atoms with E-state index in [0.717, 1.165) is 24.1 Å². The minimum absolute atomic E-state index is 0.139. The van der Waals surface area contributed by atoms with E-state index in [9.17, 15) is 0 Å². The minimum Gasteiger partial charge on any atom is -0.384 e. The molecule has 1 aromatic rings. The molecule has 0 bridgehead atoms. The average Bonchev–Trinajstić information content (AvgIpc) is 2.29. The summed E-state index contributed by atoms with van der Waals surface area (Å²) in [6.07, 6.45) is 1.13. The number of benzene rings is 1. The quantitative estimate of drug-likeness (QED) is 0.607. The van der Waals surface area contributed by atoms with Gasteiger partial charge in [0.05, 0.1) is 0 Å². The van der Waals surface area contributed by atoms with E-state index in [-0.39, 0.29) is 5.84 Å². The molecule has 3 nitrogen and oxygen atoms in total. The Morgan fingerprint density at radius 3 is 2.47 bits per heavy atom. The second-order valence-electron chi connectivity index (χ2n) is 4.46. The highest BCUT2D eigenvalue weighted by molar-refractivity contribution is 5.96. The average molecular weight is 233 g/mol. The van der Waals surface area contributed by atoms with Crippen molar-refractivity contribution in [3.05, 3.63) is 29.3 Å². The largest absolute Gasteiger partial charge is 0.384 e. The molecule has 0 fully saturated rings. The van der Waals surface area contributed by atoms with Gasteiger partial charge in [0.1, 0.15) is 5.84 Å². The van der Waals surface area contributed by atoms with Crippen LogP contribution in [0, 0.1) is 12.3 Å². The van der Waals surface area contributed by atoms with Gasteiger partial charge in [0.2, 0.25) is 0 Å². The Kier molecular flexibility index (Phi) is 4.55. The van der Waals surface area contributed by atoms with Crippen molar-refractivity contribution in [2.45, 2.75) is 40.2 Å². The normalized spacial score (nSPS) is 12.2. The fourth-order valence-corrected chi connectivity index (χ4v) is 2.10. The van der Waals surface area contributed by atoms with Gasteiger partial charge in [-0.3, -0.25) is 5.41 Å². The van der Waals surface area contributed by atoms with Crippen LogP contribution in [0.2, 0.25) is 0 Å². The summed E-state index contributed by atoms with van der Waals surface area (Å²) in [5.41, 5.74) is 8.64. The molecule has 3 heteroatoms. The third-order valence-electron chi connectivity index (χ3n) is 3.30. The molecular weight excluding hydrogens is 210 g/mol. The van der Waals surface area contributed by atoms with E-state index in [4.69, 9.17) is 11.1 Å². The standard InChI is InChI=1S/C14H23N3/c1-5-11(4)17(6-2)12-7-8-13(14(15)16)10(3)9-12/h7-9,11H,5-6H2,1-4H3,(H3,15,16). The number of aryl methyl sites for hydroxylation is 1. The van der Waals surface area contributed by atoms with Gasteiger partial charge >= 0.3 is 0 Å². The molecule has 3 N–H and O–H groups in total. The van der Waals surface area contributed by atoms with Gasteiger partial charge < -0.3 is 10.6 Å². The molecule has 0 radical (unpaired) electrons. The van der Waals surface area contributed by atoms with Crippen LogP contribution in [0.25, 0.3) is 0 Å². The van der Waals surface area contributed by atoms with Gasteiger partial charge in [-0.05, 0) is 51.0 Å². The van der Waals surface area contributed by atoms with Crippen molar-refractivity contribution in [2.75, 3.05) is 11.4 Å². The van der Waals surface area contributed by atoms with Crippen molar-refractivity contribution < 1.29 is 0 Å². The summed E-state index contributed by atoms with van der Waals surface area (Å²) in [5.74, 6) is 0.139. The minimum atomic E-state index is 0.139.